The van der Waals surface area contributed by atoms with Crippen LogP contribution in [0.5, 0.6) is 5.75 Å². The number of hydrogen-bond donors (Lipinski definition) is 2. The second kappa shape index (κ2) is 11.8. The molecule has 0 bridgehead atoms. The van der Waals surface area contributed by atoms with Crippen molar-refractivity contribution in [1.29, 1.82) is 0 Å². The summed E-state index contributed by atoms with van der Waals surface area (Å²) in [4.78, 5) is 29.2. The van der Waals surface area contributed by atoms with Gasteiger partial charge in [0.1, 0.15) is 11.5 Å². The van der Waals surface area contributed by atoms with Crippen molar-refractivity contribution < 1.29 is 18.7 Å². The van der Waals surface area contributed by atoms with E-state index in [9.17, 15) is 14.0 Å². The van der Waals surface area contributed by atoms with Crippen LogP contribution in [0.4, 0.5) is 4.39 Å². The molecule has 0 saturated carbocycles. The van der Waals surface area contributed by atoms with Crippen molar-refractivity contribution in [2.45, 2.75) is 6.92 Å². The fraction of sp³-hybridized carbons (Fsp3) is 0.0333. The number of carbonyl (C=O) groups is 2. The summed E-state index contributed by atoms with van der Waals surface area (Å²) in [6, 6.07) is 21.7. The Kier molecular flexibility index (Phi) is 8.16. The van der Waals surface area contributed by atoms with Gasteiger partial charge in [-0.15, -0.1) is 0 Å². The topological polar surface area (TPSA) is 83.5 Å². The van der Waals surface area contributed by atoms with Gasteiger partial charge in [0.2, 0.25) is 0 Å². The zero-order valence-electron chi connectivity index (χ0n) is 20.8. The molecule has 0 aliphatic heterocycles. The van der Waals surface area contributed by atoms with E-state index in [-0.39, 0.29) is 11.4 Å². The molecule has 0 fully saturated rings. The molecule has 0 radical (unpaired) electrons. The number of aromatic amines is 1. The molecule has 0 aliphatic carbocycles. The van der Waals surface area contributed by atoms with Crippen LogP contribution in [-0.2, 0) is 0 Å². The van der Waals surface area contributed by atoms with E-state index in [1.165, 1.54) is 18.3 Å². The number of H-pyrrole nitrogens is 1. The average molecular weight is 684 g/mol. The van der Waals surface area contributed by atoms with Crippen molar-refractivity contribution in [3.63, 3.8) is 0 Å². The fourth-order valence-corrected chi connectivity index (χ4v) is 5.77. The zero-order chi connectivity index (χ0) is 28.4. The van der Waals surface area contributed by atoms with Crippen molar-refractivity contribution in [2.24, 2.45) is 5.10 Å². The highest BCUT2D eigenvalue weighted by Crippen LogP contribution is 2.37. The summed E-state index contributed by atoms with van der Waals surface area (Å²) in [5.74, 6) is -1.33. The highest BCUT2D eigenvalue weighted by molar-refractivity contribution is 9.11. The molecule has 10 heteroatoms. The molecule has 0 spiro atoms. The molecule has 5 rings (SSSR count). The summed E-state index contributed by atoms with van der Waals surface area (Å²) in [6.45, 7) is 1.88. The zero-order valence-corrected chi connectivity index (χ0v) is 24.7. The first kappa shape index (κ1) is 27.8. The Labute approximate surface area is 250 Å². The maximum Gasteiger partial charge on any atom is 0.343 e. The lowest BCUT2D eigenvalue weighted by Crippen LogP contribution is -2.19. The fourth-order valence-electron chi connectivity index (χ4n) is 4.20. The highest BCUT2D eigenvalue weighted by atomic mass is 79.9. The van der Waals surface area contributed by atoms with E-state index in [1.54, 1.807) is 60.7 Å². The molecule has 1 heterocycles. The number of amides is 1. The molecule has 40 heavy (non-hydrogen) atoms. The van der Waals surface area contributed by atoms with Crippen LogP contribution in [-0.4, -0.2) is 23.1 Å². The predicted octanol–water partition coefficient (Wildman–Crippen LogP) is 8.44. The van der Waals surface area contributed by atoms with E-state index >= 15 is 0 Å². The molecule has 6 nitrogen and oxygen atoms in total. The number of nitrogens with zero attached hydrogens (tertiary/aromatic N) is 1. The molecule has 5 aromatic rings. The predicted molar refractivity (Wildman–Crippen MR) is 162 cm³/mol. The summed E-state index contributed by atoms with van der Waals surface area (Å²) in [5, 5.41) is 5.03. The van der Waals surface area contributed by atoms with Gasteiger partial charge in [0.05, 0.1) is 16.3 Å². The van der Waals surface area contributed by atoms with Gasteiger partial charge in [-0.2, -0.15) is 5.10 Å². The van der Waals surface area contributed by atoms with E-state index in [1.807, 2.05) is 13.0 Å². The van der Waals surface area contributed by atoms with Crippen LogP contribution >= 0.6 is 43.5 Å². The molecule has 0 saturated heterocycles. The lowest BCUT2D eigenvalue weighted by molar-refractivity contribution is 0.0732. The molecule has 2 N–H and O–H groups in total. The van der Waals surface area contributed by atoms with Gasteiger partial charge < -0.3 is 9.72 Å². The van der Waals surface area contributed by atoms with Crippen molar-refractivity contribution in [1.82, 2.24) is 10.4 Å². The van der Waals surface area contributed by atoms with Gasteiger partial charge in [-0.3, -0.25) is 4.79 Å². The van der Waals surface area contributed by atoms with Crippen LogP contribution in [0.1, 0.15) is 32.0 Å². The number of hydrogen-bond acceptors (Lipinski definition) is 4. The number of aromatic nitrogens is 1. The number of carbonyl (C=O) groups excluding carboxylic acids is 2. The van der Waals surface area contributed by atoms with Crippen LogP contribution in [0.2, 0.25) is 5.02 Å². The SMILES string of the molecule is Cc1cccc(C(=O)Oc2c(Br)cc(Br)cc2C=NNC(=O)c2[nH]c3ccc(F)cc3c2-c2ccccc2Cl)c1. The summed E-state index contributed by atoms with van der Waals surface area (Å²) < 4.78 is 21.0. The van der Waals surface area contributed by atoms with E-state index in [0.717, 1.165) is 5.56 Å². The van der Waals surface area contributed by atoms with Crippen molar-refractivity contribution in [2.75, 3.05) is 0 Å². The third kappa shape index (κ3) is 5.86. The number of fused-ring (bicyclic) bond motifs is 1. The van der Waals surface area contributed by atoms with Gasteiger partial charge in [-0.1, -0.05) is 63.4 Å². The number of esters is 1. The molecule has 0 unspecified atom stereocenters. The summed E-state index contributed by atoms with van der Waals surface area (Å²) in [6.07, 6.45) is 1.36. The first-order valence-corrected chi connectivity index (χ1v) is 13.8. The first-order valence-electron chi connectivity index (χ1n) is 11.9. The highest BCUT2D eigenvalue weighted by Gasteiger charge is 2.21. The molecule has 4 aromatic carbocycles. The maximum atomic E-state index is 14.1. The molecular formula is C30H19Br2ClFN3O3. The van der Waals surface area contributed by atoms with Crippen LogP contribution in [0, 0.1) is 12.7 Å². The largest absolute Gasteiger partial charge is 0.421 e. The number of benzene rings is 4. The Morgan fingerprint density at radius 1 is 1.02 bits per heavy atom. The first-order chi connectivity index (χ1) is 19.2. The van der Waals surface area contributed by atoms with Crippen molar-refractivity contribution in [3.8, 4) is 16.9 Å². The van der Waals surface area contributed by atoms with E-state index in [2.05, 4.69) is 47.4 Å². The Balaban J connectivity index is 1.46. The quantitative estimate of drug-likeness (QED) is 0.0816. The normalized spacial score (nSPS) is 11.2. The van der Waals surface area contributed by atoms with Crippen LogP contribution in [0.25, 0.3) is 22.0 Å². The standard InChI is InChI=1S/C30H19Br2ClFN3O3/c1-16-5-4-6-17(11-16)30(39)40-28-18(12-19(31)13-23(28)32)15-35-37-29(38)27-26(21-7-2-3-8-24(21)33)22-14-20(34)9-10-25(22)36-27/h2-15,36H,1H3,(H,37,38). The third-order valence-electron chi connectivity index (χ3n) is 5.99. The second-order valence-corrected chi connectivity index (χ2v) is 11.0. The van der Waals surface area contributed by atoms with Crippen molar-refractivity contribution in [3.05, 3.63) is 121 Å². The molecule has 0 aliphatic rings. The summed E-state index contributed by atoms with van der Waals surface area (Å²) >= 11 is 13.3. The number of halogens is 4. The minimum atomic E-state index is -0.574. The van der Waals surface area contributed by atoms with Gasteiger partial charge >= 0.3 is 5.97 Å². The molecule has 0 atom stereocenters. The average Bonchev–Trinajstić information content (AvgIpc) is 3.29. The number of hydrazone groups is 1. The van der Waals surface area contributed by atoms with Gasteiger partial charge in [-0.25, -0.2) is 14.6 Å². The van der Waals surface area contributed by atoms with Gasteiger partial charge in [0.15, 0.2) is 5.75 Å². The van der Waals surface area contributed by atoms with E-state index in [4.69, 9.17) is 16.3 Å². The summed E-state index contributed by atoms with van der Waals surface area (Å²) in [7, 11) is 0. The maximum absolute atomic E-state index is 14.1. The Bertz CT molecular complexity index is 1820. The van der Waals surface area contributed by atoms with Crippen LogP contribution < -0.4 is 10.2 Å². The Morgan fingerprint density at radius 3 is 2.60 bits per heavy atom. The lowest BCUT2D eigenvalue weighted by Gasteiger charge is -2.11. The van der Waals surface area contributed by atoms with Gasteiger partial charge in [-0.05, 0) is 71.4 Å². The number of rotatable bonds is 6. The smallest absolute Gasteiger partial charge is 0.343 e. The lowest BCUT2D eigenvalue weighted by atomic mass is 10.0. The Morgan fingerprint density at radius 2 is 1.82 bits per heavy atom. The van der Waals surface area contributed by atoms with Gasteiger partial charge in [0.25, 0.3) is 5.91 Å². The molecular weight excluding hydrogens is 665 g/mol. The minimum Gasteiger partial charge on any atom is -0.421 e. The third-order valence-corrected chi connectivity index (χ3v) is 7.36. The van der Waals surface area contributed by atoms with E-state index < -0.39 is 17.7 Å². The van der Waals surface area contributed by atoms with Gasteiger partial charge in [0, 0.05) is 37.1 Å². The number of aryl methyl sites for hydroxylation is 1. The monoisotopic (exact) mass is 681 g/mol. The van der Waals surface area contributed by atoms with Crippen molar-refractivity contribution >= 4 is 72.5 Å². The molecule has 200 valence electrons. The Hall–Kier alpha value is -3.79. The van der Waals surface area contributed by atoms with E-state index in [0.29, 0.717) is 47.1 Å². The number of ether oxygens (including phenoxy) is 1. The van der Waals surface area contributed by atoms with Crippen LogP contribution in [0.15, 0.2) is 92.9 Å². The van der Waals surface area contributed by atoms with Crippen LogP contribution in [0.3, 0.4) is 0 Å². The summed E-state index contributed by atoms with van der Waals surface area (Å²) in [5.41, 5.74) is 5.98. The second-order valence-electron chi connectivity index (χ2n) is 8.81. The molecule has 1 amide bonds. The molecule has 1 aromatic heterocycles. The minimum absolute atomic E-state index is 0.160. The number of nitrogens with one attached hydrogen (secondary N) is 2.